The molecule has 0 amide bonds. The fourth-order valence-electron chi connectivity index (χ4n) is 4.74. The van der Waals surface area contributed by atoms with Gasteiger partial charge in [0.15, 0.2) is 9.84 Å². The van der Waals surface area contributed by atoms with Crippen LogP contribution in [0.5, 0.6) is 5.75 Å². The van der Waals surface area contributed by atoms with Gasteiger partial charge < -0.3 is 9.84 Å². The summed E-state index contributed by atoms with van der Waals surface area (Å²) in [4.78, 5) is 20.5. The van der Waals surface area contributed by atoms with Crippen molar-refractivity contribution in [2.45, 2.75) is 49.5 Å². The van der Waals surface area contributed by atoms with E-state index in [2.05, 4.69) is 22.2 Å². The number of hydrogen-bond donors (Lipinski definition) is 1. The van der Waals surface area contributed by atoms with Gasteiger partial charge in [-0.25, -0.2) is 8.42 Å². The molecule has 37 heavy (non-hydrogen) atoms. The van der Waals surface area contributed by atoms with Crippen LogP contribution < -0.4 is 4.74 Å². The van der Waals surface area contributed by atoms with Crippen LogP contribution in [0.4, 0.5) is 0 Å². The van der Waals surface area contributed by atoms with Gasteiger partial charge in [-0.2, -0.15) is 5.10 Å². The van der Waals surface area contributed by atoms with Gasteiger partial charge in [0.2, 0.25) is 0 Å². The van der Waals surface area contributed by atoms with Crippen LogP contribution >= 0.6 is 0 Å². The molecule has 1 N–H and O–H groups in total. The molecule has 0 saturated heterocycles. The van der Waals surface area contributed by atoms with Gasteiger partial charge in [0.25, 0.3) is 0 Å². The molecule has 0 radical (unpaired) electrons. The summed E-state index contributed by atoms with van der Waals surface area (Å²) in [6.45, 7) is 0.483. The Morgan fingerprint density at radius 3 is 2.76 bits per heavy atom. The van der Waals surface area contributed by atoms with Crippen LogP contribution in [0.2, 0.25) is 0 Å². The Kier molecular flexibility index (Phi) is 6.92. The molecular formula is C27H28N4O5S. The highest BCUT2D eigenvalue weighted by atomic mass is 32.2. The first-order valence-electron chi connectivity index (χ1n) is 12.2. The van der Waals surface area contributed by atoms with Crippen LogP contribution in [0.25, 0.3) is 10.9 Å². The molecule has 0 unspecified atom stereocenters. The monoisotopic (exact) mass is 520 g/mol. The van der Waals surface area contributed by atoms with E-state index in [1.54, 1.807) is 10.9 Å². The summed E-state index contributed by atoms with van der Waals surface area (Å²) in [5.74, 6) is -0.352. The number of fused-ring (bicyclic) bond motifs is 2. The maximum absolute atomic E-state index is 12.0. The van der Waals surface area contributed by atoms with Crippen molar-refractivity contribution in [3.8, 4) is 5.75 Å². The van der Waals surface area contributed by atoms with Gasteiger partial charge in [0.1, 0.15) is 5.75 Å². The summed E-state index contributed by atoms with van der Waals surface area (Å²) in [6.07, 6.45) is 10.5. The predicted octanol–water partition coefficient (Wildman–Crippen LogP) is 3.79. The maximum atomic E-state index is 12.0. The number of nitrogens with zero attached hydrogens (tertiary/aromatic N) is 4. The van der Waals surface area contributed by atoms with Gasteiger partial charge in [0, 0.05) is 41.8 Å². The van der Waals surface area contributed by atoms with Crippen molar-refractivity contribution in [1.82, 2.24) is 19.7 Å². The zero-order valence-corrected chi connectivity index (χ0v) is 21.3. The van der Waals surface area contributed by atoms with Crippen LogP contribution in [0, 0.1) is 0 Å². The number of ether oxygens (including phenoxy) is 1. The van der Waals surface area contributed by atoms with Crippen LogP contribution in [0.15, 0.2) is 59.9 Å². The van der Waals surface area contributed by atoms with E-state index < -0.39 is 21.8 Å². The quantitative estimate of drug-likeness (QED) is 0.353. The number of carboxylic acid groups (broad SMARTS) is 1. The fourth-order valence-corrected chi connectivity index (χ4v) is 5.34. The molecule has 1 aromatic carbocycles. The molecule has 1 atom stereocenters. The lowest BCUT2D eigenvalue weighted by Gasteiger charge is -2.18. The molecule has 0 bridgehead atoms. The second-order valence-electron chi connectivity index (χ2n) is 9.36. The highest BCUT2D eigenvalue weighted by Gasteiger charge is 2.23. The van der Waals surface area contributed by atoms with Crippen molar-refractivity contribution in [1.29, 1.82) is 0 Å². The minimum Gasteiger partial charge on any atom is -0.493 e. The largest absolute Gasteiger partial charge is 0.493 e. The zero-order chi connectivity index (χ0) is 26.0. The number of sulfone groups is 1. The molecule has 0 spiro atoms. The number of carbonyl (C=O) groups is 1. The summed E-state index contributed by atoms with van der Waals surface area (Å²) in [6, 6.07) is 10.5. The first kappa shape index (κ1) is 24.9. The third-order valence-electron chi connectivity index (χ3n) is 6.64. The molecular weight excluding hydrogens is 492 g/mol. The van der Waals surface area contributed by atoms with Gasteiger partial charge >= 0.3 is 5.97 Å². The van der Waals surface area contributed by atoms with E-state index in [0.717, 1.165) is 30.2 Å². The van der Waals surface area contributed by atoms with E-state index in [9.17, 15) is 18.3 Å². The Morgan fingerprint density at radius 2 is 1.95 bits per heavy atom. The number of rotatable bonds is 9. The van der Waals surface area contributed by atoms with Crippen LogP contribution in [0.3, 0.4) is 0 Å². The second kappa shape index (κ2) is 10.3. The molecule has 1 aliphatic carbocycles. The van der Waals surface area contributed by atoms with Crippen molar-refractivity contribution < 1.29 is 23.1 Å². The average molecular weight is 521 g/mol. The SMILES string of the molecule is CS(=O)(=O)c1cncc([C@@H](CC(=O)O)n2ncc3cc(OCCc4ccc5c(n4)CCCC5)ccc32)c1. The Labute approximate surface area is 215 Å². The number of pyridine rings is 2. The van der Waals surface area contributed by atoms with Gasteiger partial charge in [0.05, 0.1) is 35.7 Å². The van der Waals surface area contributed by atoms with Crippen LogP contribution in [-0.4, -0.2) is 52.1 Å². The molecule has 1 aliphatic rings. The lowest BCUT2D eigenvalue weighted by molar-refractivity contribution is -0.137. The lowest BCUT2D eigenvalue weighted by Crippen LogP contribution is -2.17. The highest BCUT2D eigenvalue weighted by Crippen LogP contribution is 2.29. The van der Waals surface area contributed by atoms with Gasteiger partial charge in [-0.1, -0.05) is 6.07 Å². The van der Waals surface area contributed by atoms with Crippen molar-refractivity contribution in [2.24, 2.45) is 0 Å². The topological polar surface area (TPSA) is 124 Å². The fraction of sp³-hybridized carbons (Fsp3) is 0.333. The molecule has 3 heterocycles. The Hall–Kier alpha value is -3.79. The van der Waals surface area contributed by atoms with E-state index in [0.29, 0.717) is 29.9 Å². The first-order chi connectivity index (χ1) is 17.8. The van der Waals surface area contributed by atoms with E-state index in [1.165, 1.54) is 42.6 Å². The number of carboxylic acids is 1. The molecule has 0 aliphatic heterocycles. The highest BCUT2D eigenvalue weighted by molar-refractivity contribution is 7.90. The van der Waals surface area contributed by atoms with Crippen molar-refractivity contribution in [2.75, 3.05) is 12.9 Å². The molecule has 9 nitrogen and oxygen atoms in total. The van der Waals surface area contributed by atoms with Crippen molar-refractivity contribution in [3.63, 3.8) is 0 Å². The van der Waals surface area contributed by atoms with E-state index >= 15 is 0 Å². The lowest BCUT2D eigenvalue weighted by atomic mass is 9.96. The van der Waals surface area contributed by atoms with Gasteiger partial charge in [-0.15, -0.1) is 0 Å². The smallest absolute Gasteiger partial charge is 0.305 e. The minimum absolute atomic E-state index is 0.0287. The van der Waals surface area contributed by atoms with Crippen molar-refractivity contribution >= 4 is 26.7 Å². The molecule has 5 rings (SSSR count). The van der Waals surface area contributed by atoms with Gasteiger partial charge in [-0.05, 0) is 67.1 Å². The Bertz CT molecular complexity index is 1560. The summed E-state index contributed by atoms with van der Waals surface area (Å²) in [7, 11) is -3.50. The number of aliphatic carboxylic acids is 1. The molecule has 10 heteroatoms. The number of aryl methyl sites for hydroxylation is 2. The Morgan fingerprint density at radius 1 is 1.11 bits per heavy atom. The van der Waals surface area contributed by atoms with E-state index in [4.69, 9.17) is 9.72 Å². The Balaban J connectivity index is 1.34. The number of hydrogen-bond acceptors (Lipinski definition) is 7. The summed E-state index contributed by atoms with van der Waals surface area (Å²) in [5, 5.41) is 14.8. The van der Waals surface area contributed by atoms with E-state index in [-0.39, 0.29) is 11.3 Å². The summed E-state index contributed by atoms with van der Waals surface area (Å²) < 4.78 is 31.6. The number of aromatic nitrogens is 4. The average Bonchev–Trinajstić information content (AvgIpc) is 3.30. The van der Waals surface area contributed by atoms with Gasteiger partial charge in [-0.3, -0.25) is 19.4 Å². The van der Waals surface area contributed by atoms with Crippen LogP contribution in [0.1, 0.15) is 47.8 Å². The molecule has 192 valence electrons. The molecule has 4 aromatic rings. The third kappa shape index (κ3) is 5.64. The zero-order valence-electron chi connectivity index (χ0n) is 20.5. The third-order valence-corrected chi connectivity index (χ3v) is 7.72. The predicted molar refractivity (Wildman–Crippen MR) is 138 cm³/mol. The molecule has 0 fully saturated rings. The summed E-state index contributed by atoms with van der Waals surface area (Å²) >= 11 is 0. The normalized spacial score (nSPS) is 14.3. The van der Waals surface area contributed by atoms with E-state index in [1.807, 2.05) is 18.2 Å². The minimum atomic E-state index is -3.50. The van der Waals surface area contributed by atoms with Crippen molar-refractivity contribution in [3.05, 3.63) is 77.5 Å². The standard InChI is InChI=1S/C27H28N4O5S/c1-37(34,35)23-13-20(15-28-17-23)26(14-27(32)33)31-25-9-8-22(12-19(25)16-29-31)36-11-10-21-7-6-18-4-2-3-5-24(18)30-21/h6-9,12-13,15-17,26H,2-5,10-11,14H2,1H3,(H,32,33)/t26-/m1/s1. The first-order valence-corrected chi connectivity index (χ1v) is 14.1. The molecule has 0 saturated carbocycles. The maximum Gasteiger partial charge on any atom is 0.305 e. The second-order valence-corrected chi connectivity index (χ2v) is 11.4. The summed E-state index contributed by atoms with van der Waals surface area (Å²) in [5.41, 5.74) is 4.76. The molecule has 3 aromatic heterocycles. The number of benzene rings is 1. The van der Waals surface area contributed by atoms with Crippen LogP contribution in [-0.2, 0) is 33.9 Å².